The van der Waals surface area contributed by atoms with Crippen LogP contribution in [-0.4, -0.2) is 81.1 Å². The van der Waals surface area contributed by atoms with Crippen molar-refractivity contribution in [2.75, 3.05) is 32.8 Å². The van der Waals surface area contributed by atoms with Crippen molar-refractivity contribution in [1.29, 1.82) is 0 Å². The summed E-state index contributed by atoms with van der Waals surface area (Å²) in [5, 5.41) is 0. The number of aromatic nitrogens is 3. The highest BCUT2D eigenvalue weighted by molar-refractivity contribution is 5.95. The molecule has 0 N–H and O–H groups in total. The number of imidazole rings is 1. The molecule has 0 radical (unpaired) electrons. The first-order valence-corrected chi connectivity index (χ1v) is 9.35. The number of hydrogen-bond acceptors (Lipinski definition) is 6. The Balaban J connectivity index is 1.55. The van der Waals surface area contributed by atoms with E-state index in [1.807, 2.05) is 6.07 Å². The normalized spacial score (nSPS) is 22.3. The number of hydrogen-bond donors (Lipinski definition) is 0. The van der Waals surface area contributed by atoms with Crippen molar-refractivity contribution >= 4 is 11.8 Å². The molecule has 0 saturated carbocycles. The molecular formula is C19H23N5O4. The van der Waals surface area contributed by atoms with Crippen molar-refractivity contribution in [3.05, 3.63) is 42.7 Å². The standard InChI is InChI=1S/C19H23N5O4/c1-22-6-5-21-17(22)19(26)24-13-15(28-14-3-2-4-20-12-14)11-16(24)18(25)23-7-9-27-10-8-23/h2-6,12,15-16H,7-11,13H2,1H3/t15-,16-/m0/s1. The minimum atomic E-state index is -0.580. The monoisotopic (exact) mass is 385 g/mol. The highest BCUT2D eigenvalue weighted by Crippen LogP contribution is 2.26. The fourth-order valence-corrected chi connectivity index (χ4v) is 3.65. The number of morpholine rings is 1. The third-order valence-electron chi connectivity index (χ3n) is 5.08. The minimum absolute atomic E-state index is 0.0665. The van der Waals surface area contributed by atoms with Crippen LogP contribution in [0.3, 0.4) is 0 Å². The average Bonchev–Trinajstić information content (AvgIpc) is 3.35. The second-order valence-electron chi connectivity index (χ2n) is 6.94. The third kappa shape index (κ3) is 3.70. The van der Waals surface area contributed by atoms with Crippen molar-refractivity contribution in [3.63, 3.8) is 0 Å². The Morgan fingerprint density at radius 1 is 1.25 bits per heavy atom. The van der Waals surface area contributed by atoms with Crippen LogP contribution in [0, 0.1) is 0 Å². The van der Waals surface area contributed by atoms with Crippen molar-refractivity contribution < 1.29 is 19.1 Å². The largest absolute Gasteiger partial charge is 0.487 e. The highest BCUT2D eigenvalue weighted by Gasteiger charge is 2.43. The van der Waals surface area contributed by atoms with Crippen LogP contribution < -0.4 is 4.74 Å². The second kappa shape index (κ2) is 7.97. The molecule has 9 heteroatoms. The van der Waals surface area contributed by atoms with Gasteiger partial charge in [-0.05, 0) is 12.1 Å². The maximum atomic E-state index is 13.1. The molecule has 0 bridgehead atoms. The van der Waals surface area contributed by atoms with E-state index in [2.05, 4.69) is 9.97 Å². The van der Waals surface area contributed by atoms with Crippen LogP contribution >= 0.6 is 0 Å². The molecule has 2 amide bonds. The first kappa shape index (κ1) is 18.4. The average molecular weight is 385 g/mol. The van der Waals surface area contributed by atoms with Crippen LogP contribution in [0.1, 0.15) is 17.0 Å². The lowest BCUT2D eigenvalue weighted by Crippen LogP contribution is -2.51. The number of rotatable bonds is 4. The summed E-state index contributed by atoms with van der Waals surface area (Å²) in [7, 11) is 1.76. The maximum Gasteiger partial charge on any atom is 0.290 e. The zero-order chi connectivity index (χ0) is 19.5. The molecule has 2 aromatic heterocycles. The highest BCUT2D eigenvalue weighted by atomic mass is 16.5. The number of aryl methyl sites for hydroxylation is 1. The summed E-state index contributed by atoms with van der Waals surface area (Å²) in [5.74, 6) is 0.595. The molecule has 0 unspecified atom stereocenters. The van der Waals surface area contributed by atoms with E-state index in [1.165, 1.54) is 0 Å². The Morgan fingerprint density at radius 3 is 2.75 bits per heavy atom. The zero-order valence-corrected chi connectivity index (χ0v) is 15.7. The molecule has 2 saturated heterocycles. The summed E-state index contributed by atoms with van der Waals surface area (Å²) in [4.78, 5) is 37.8. The first-order chi connectivity index (χ1) is 13.6. The van der Waals surface area contributed by atoms with Gasteiger partial charge in [0.2, 0.25) is 5.91 Å². The maximum absolute atomic E-state index is 13.1. The van der Waals surface area contributed by atoms with E-state index in [4.69, 9.17) is 9.47 Å². The van der Waals surface area contributed by atoms with Gasteiger partial charge in [-0.15, -0.1) is 0 Å². The zero-order valence-electron chi connectivity index (χ0n) is 15.7. The Kier molecular flexibility index (Phi) is 5.25. The summed E-state index contributed by atoms with van der Waals surface area (Å²) in [6.07, 6.45) is 6.73. The Labute approximate surface area is 162 Å². The van der Waals surface area contributed by atoms with Gasteiger partial charge in [-0.3, -0.25) is 14.6 Å². The first-order valence-electron chi connectivity index (χ1n) is 9.35. The Morgan fingerprint density at radius 2 is 2.07 bits per heavy atom. The van der Waals surface area contributed by atoms with Crippen LogP contribution in [0.4, 0.5) is 0 Å². The fraction of sp³-hybridized carbons (Fsp3) is 0.474. The van der Waals surface area contributed by atoms with Crippen LogP contribution in [0.15, 0.2) is 36.9 Å². The predicted molar refractivity (Wildman–Crippen MR) is 98.7 cm³/mol. The van der Waals surface area contributed by atoms with Crippen molar-refractivity contribution in [2.24, 2.45) is 7.05 Å². The number of pyridine rings is 1. The number of amides is 2. The van der Waals surface area contributed by atoms with Crippen LogP contribution in [0.2, 0.25) is 0 Å². The summed E-state index contributed by atoms with van der Waals surface area (Å²) in [6, 6.07) is 3.02. The van der Waals surface area contributed by atoms with E-state index in [1.54, 1.807) is 52.3 Å². The lowest BCUT2D eigenvalue weighted by atomic mass is 10.1. The number of likely N-dealkylation sites (tertiary alicyclic amines) is 1. The van der Waals surface area contributed by atoms with Gasteiger partial charge in [-0.2, -0.15) is 0 Å². The molecule has 2 atom stereocenters. The van der Waals surface area contributed by atoms with E-state index in [-0.39, 0.29) is 17.9 Å². The fourth-order valence-electron chi connectivity index (χ4n) is 3.65. The van der Waals surface area contributed by atoms with Gasteiger partial charge in [-0.25, -0.2) is 4.98 Å². The number of carbonyl (C=O) groups is 2. The molecule has 0 aromatic carbocycles. The van der Waals surface area contributed by atoms with E-state index in [0.29, 0.717) is 50.8 Å². The Bertz CT molecular complexity index is 834. The quantitative estimate of drug-likeness (QED) is 0.754. The summed E-state index contributed by atoms with van der Waals surface area (Å²) in [6.45, 7) is 2.42. The van der Waals surface area contributed by atoms with E-state index in [0.717, 1.165) is 0 Å². The van der Waals surface area contributed by atoms with Gasteiger partial charge < -0.3 is 23.8 Å². The predicted octanol–water partition coefficient (Wildman–Crippen LogP) is 0.336. The van der Waals surface area contributed by atoms with Crippen LogP contribution in [0.5, 0.6) is 5.75 Å². The van der Waals surface area contributed by atoms with Gasteiger partial charge >= 0.3 is 0 Å². The van der Waals surface area contributed by atoms with Crippen LogP contribution in [0.25, 0.3) is 0 Å². The molecule has 2 aromatic rings. The SMILES string of the molecule is Cn1ccnc1C(=O)N1C[C@@H](Oc2cccnc2)C[C@H]1C(=O)N1CCOCC1. The van der Waals surface area contributed by atoms with Gasteiger partial charge in [0.25, 0.3) is 5.91 Å². The molecule has 2 fully saturated rings. The van der Waals surface area contributed by atoms with Gasteiger partial charge in [0.05, 0.1) is 26.0 Å². The van der Waals surface area contributed by atoms with E-state index in [9.17, 15) is 9.59 Å². The molecule has 0 aliphatic carbocycles. The Hall–Kier alpha value is -2.94. The van der Waals surface area contributed by atoms with Gasteiger partial charge in [0, 0.05) is 45.1 Å². The molecule has 28 heavy (non-hydrogen) atoms. The van der Waals surface area contributed by atoms with Crippen molar-refractivity contribution in [1.82, 2.24) is 24.3 Å². The minimum Gasteiger partial charge on any atom is -0.487 e. The van der Waals surface area contributed by atoms with Gasteiger partial charge in [0.1, 0.15) is 17.9 Å². The van der Waals surface area contributed by atoms with E-state index < -0.39 is 6.04 Å². The number of carbonyl (C=O) groups excluding carboxylic acids is 2. The topological polar surface area (TPSA) is 89.8 Å². The van der Waals surface area contributed by atoms with Crippen molar-refractivity contribution in [3.8, 4) is 5.75 Å². The molecule has 2 aliphatic rings. The summed E-state index contributed by atoms with van der Waals surface area (Å²) < 4.78 is 13.0. The molecular weight excluding hydrogens is 362 g/mol. The molecule has 2 aliphatic heterocycles. The van der Waals surface area contributed by atoms with Gasteiger partial charge in [0.15, 0.2) is 5.82 Å². The third-order valence-corrected chi connectivity index (χ3v) is 5.08. The molecule has 4 rings (SSSR count). The second-order valence-corrected chi connectivity index (χ2v) is 6.94. The lowest BCUT2D eigenvalue weighted by Gasteiger charge is -2.32. The molecule has 0 spiro atoms. The molecule has 148 valence electrons. The van der Waals surface area contributed by atoms with Gasteiger partial charge in [-0.1, -0.05) is 0 Å². The number of ether oxygens (including phenoxy) is 2. The van der Waals surface area contributed by atoms with Crippen LogP contribution in [-0.2, 0) is 16.6 Å². The van der Waals surface area contributed by atoms with E-state index >= 15 is 0 Å². The molecule has 9 nitrogen and oxygen atoms in total. The lowest BCUT2D eigenvalue weighted by molar-refractivity contribution is -0.139. The number of nitrogens with zero attached hydrogens (tertiary/aromatic N) is 5. The molecule has 4 heterocycles. The van der Waals surface area contributed by atoms with Crippen molar-refractivity contribution in [2.45, 2.75) is 18.6 Å². The summed E-state index contributed by atoms with van der Waals surface area (Å²) in [5.41, 5.74) is 0. The summed E-state index contributed by atoms with van der Waals surface area (Å²) >= 11 is 0. The smallest absolute Gasteiger partial charge is 0.290 e.